The highest BCUT2D eigenvalue weighted by Gasteiger charge is 2.31. The summed E-state index contributed by atoms with van der Waals surface area (Å²) in [7, 11) is -9.93. The molecular formula is C89H174O17P2. The van der Waals surface area contributed by atoms with Crippen LogP contribution in [0.15, 0.2) is 0 Å². The molecule has 108 heavy (non-hydrogen) atoms. The number of esters is 4. The quantitative estimate of drug-likeness (QED) is 0.0222. The Balaban J connectivity index is 5.20. The molecule has 0 saturated carbocycles. The zero-order chi connectivity index (χ0) is 79.2. The van der Waals surface area contributed by atoms with E-state index in [0.717, 1.165) is 102 Å². The summed E-state index contributed by atoms with van der Waals surface area (Å²) in [4.78, 5) is 73.3. The first-order valence-electron chi connectivity index (χ1n) is 46.0. The summed E-state index contributed by atoms with van der Waals surface area (Å²) < 4.78 is 68.9. The van der Waals surface area contributed by atoms with Crippen molar-refractivity contribution in [3.05, 3.63) is 0 Å². The molecule has 0 aliphatic carbocycles. The lowest BCUT2D eigenvalue weighted by atomic mass is 10.0. The van der Waals surface area contributed by atoms with Crippen LogP contribution in [0.2, 0.25) is 0 Å². The highest BCUT2D eigenvalue weighted by Crippen LogP contribution is 2.45. The van der Waals surface area contributed by atoms with E-state index in [2.05, 4.69) is 41.5 Å². The molecule has 0 spiro atoms. The Labute approximate surface area is 664 Å². The summed E-state index contributed by atoms with van der Waals surface area (Å²) in [5.74, 6) is -0.485. The van der Waals surface area contributed by atoms with Crippen molar-refractivity contribution in [2.24, 2.45) is 11.8 Å². The number of aliphatic hydroxyl groups excluding tert-OH is 1. The fourth-order valence-electron chi connectivity index (χ4n) is 14.0. The Morgan fingerprint density at radius 2 is 0.426 bits per heavy atom. The number of unbranched alkanes of at least 4 members (excludes halogenated alkanes) is 58. The van der Waals surface area contributed by atoms with E-state index >= 15 is 0 Å². The standard InChI is InChI=1S/C89H174O17P2/c1-7-9-11-13-15-17-18-19-20-21-22-23-24-25-26-33-38-43-49-55-61-67-73-89(94)106-85(78-100-87(92)72-66-60-54-48-42-37-32-28-27-30-35-40-46-51-57-63-69-81(3)4)80-104-108(97,98)102-76-83(90)75-101-107(95,96)103-79-84(77-99-86(91)71-65-59-53-45-16-14-12-10-8-2)105-88(93)74-68-62-56-50-44-39-34-29-31-36-41-47-52-58-64-70-82(5)6/h81-85,90H,7-80H2,1-6H3,(H,95,96)(H,97,98)/t83-,84+,85+/m0/s1. The van der Waals surface area contributed by atoms with Gasteiger partial charge in [-0.2, -0.15) is 0 Å². The van der Waals surface area contributed by atoms with E-state index in [9.17, 15) is 43.2 Å². The van der Waals surface area contributed by atoms with Crippen LogP contribution in [0.3, 0.4) is 0 Å². The molecular weight excluding hydrogens is 1400 g/mol. The van der Waals surface area contributed by atoms with Gasteiger partial charge >= 0.3 is 39.5 Å². The molecule has 0 bridgehead atoms. The van der Waals surface area contributed by atoms with Crippen LogP contribution in [0.1, 0.15) is 478 Å². The Morgan fingerprint density at radius 3 is 0.630 bits per heavy atom. The Kier molecular flexibility index (Phi) is 78.8. The normalized spacial score (nSPS) is 13.8. The molecule has 0 radical (unpaired) electrons. The minimum atomic E-state index is -4.97. The third-order valence-corrected chi connectivity index (χ3v) is 22.9. The minimum Gasteiger partial charge on any atom is -0.462 e. The fraction of sp³-hybridized carbons (Fsp3) is 0.955. The second-order valence-corrected chi connectivity index (χ2v) is 35.8. The molecule has 0 aromatic carbocycles. The van der Waals surface area contributed by atoms with Crippen LogP contribution < -0.4 is 0 Å². The summed E-state index contributed by atoms with van der Waals surface area (Å²) in [6.45, 7) is 9.73. The monoisotopic (exact) mass is 1580 g/mol. The van der Waals surface area contributed by atoms with Crippen LogP contribution in [0.25, 0.3) is 0 Å². The van der Waals surface area contributed by atoms with Crippen molar-refractivity contribution < 1.29 is 80.2 Å². The Morgan fingerprint density at radius 1 is 0.250 bits per heavy atom. The highest BCUT2D eigenvalue weighted by molar-refractivity contribution is 7.47. The van der Waals surface area contributed by atoms with Gasteiger partial charge in [-0.25, -0.2) is 9.13 Å². The average Bonchev–Trinajstić information content (AvgIpc) is 0.899. The zero-order valence-corrected chi connectivity index (χ0v) is 73.0. The van der Waals surface area contributed by atoms with E-state index in [1.54, 1.807) is 0 Å². The van der Waals surface area contributed by atoms with Gasteiger partial charge < -0.3 is 33.8 Å². The molecule has 3 N–H and O–H groups in total. The Bertz CT molecular complexity index is 2060. The number of phosphoric ester groups is 2. The number of rotatable bonds is 88. The highest BCUT2D eigenvalue weighted by atomic mass is 31.2. The molecule has 0 aromatic rings. The Hall–Kier alpha value is -1.94. The molecule has 19 heteroatoms. The summed E-state index contributed by atoms with van der Waals surface area (Å²) in [5, 5.41) is 10.7. The first-order chi connectivity index (χ1) is 52.4. The number of aliphatic hydroxyl groups is 1. The van der Waals surface area contributed by atoms with Crippen molar-refractivity contribution in [3.8, 4) is 0 Å². The van der Waals surface area contributed by atoms with Gasteiger partial charge in [0.1, 0.15) is 19.3 Å². The molecule has 0 aromatic heterocycles. The SMILES string of the molecule is CCCCCCCCCCCCCCCCCCCCCCCCC(=O)O[C@H](COC(=O)CCCCCCCCCCCCCCCCCCC(C)C)COP(=O)(O)OC[C@@H](O)COP(=O)(O)OC[C@@H](COC(=O)CCCCCCCCCCC)OC(=O)CCCCCCCCCCCCCCCCCC(C)C. The van der Waals surface area contributed by atoms with Gasteiger partial charge in [0.2, 0.25) is 0 Å². The zero-order valence-electron chi connectivity index (χ0n) is 71.2. The third kappa shape index (κ3) is 82.1. The van der Waals surface area contributed by atoms with Crippen LogP contribution in [0, 0.1) is 11.8 Å². The molecule has 0 aliphatic rings. The van der Waals surface area contributed by atoms with E-state index in [1.807, 2.05) is 0 Å². The number of hydrogen-bond acceptors (Lipinski definition) is 15. The van der Waals surface area contributed by atoms with Gasteiger partial charge in [0, 0.05) is 25.7 Å². The van der Waals surface area contributed by atoms with Crippen molar-refractivity contribution in [3.63, 3.8) is 0 Å². The fourth-order valence-corrected chi connectivity index (χ4v) is 15.5. The molecule has 0 fully saturated rings. The number of phosphoric acid groups is 2. The van der Waals surface area contributed by atoms with Gasteiger partial charge in [-0.05, 0) is 37.5 Å². The lowest BCUT2D eigenvalue weighted by molar-refractivity contribution is -0.161. The molecule has 2 unspecified atom stereocenters. The molecule has 0 rings (SSSR count). The van der Waals surface area contributed by atoms with Crippen LogP contribution in [0.5, 0.6) is 0 Å². The van der Waals surface area contributed by atoms with Gasteiger partial charge in [-0.1, -0.05) is 427 Å². The molecule has 0 saturated heterocycles. The first-order valence-corrected chi connectivity index (χ1v) is 49.0. The number of ether oxygens (including phenoxy) is 4. The van der Waals surface area contributed by atoms with E-state index in [4.69, 9.17) is 37.0 Å². The largest absolute Gasteiger partial charge is 0.472 e. The van der Waals surface area contributed by atoms with Crippen LogP contribution in [0.4, 0.5) is 0 Å². The maximum absolute atomic E-state index is 13.2. The van der Waals surface area contributed by atoms with Crippen molar-refractivity contribution in [1.29, 1.82) is 0 Å². The molecule has 0 aliphatic heterocycles. The predicted molar refractivity (Wildman–Crippen MR) is 446 cm³/mol. The van der Waals surface area contributed by atoms with E-state index < -0.39 is 97.5 Å². The number of carbonyl (C=O) groups excluding carboxylic acids is 4. The van der Waals surface area contributed by atoms with Crippen molar-refractivity contribution in [2.45, 2.75) is 496 Å². The summed E-state index contributed by atoms with van der Waals surface area (Å²) in [6, 6.07) is 0. The van der Waals surface area contributed by atoms with Crippen LogP contribution in [-0.4, -0.2) is 96.7 Å². The van der Waals surface area contributed by atoms with Gasteiger partial charge in [-0.3, -0.25) is 37.3 Å². The van der Waals surface area contributed by atoms with E-state index in [1.165, 1.54) is 295 Å². The van der Waals surface area contributed by atoms with Crippen molar-refractivity contribution in [2.75, 3.05) is 39.6 Å². The van der Waals surface area contributed by atoms with Gasteiger partial charge in [0.25, 0.3) is 0 Å². The lowest BCUT2D eigenvalue weighted by Crippen LogP contribution is -2.30. The minimum absolute atomic E-state index is 0.108. The first kappa shape index (κ1) is 106. The molecule has 0 heterocycles. The van der Waals surface area contributed by atoms with Gasteiger partial charge in [0.15, 0.2) is 12.2 Å². The van der Waals surface area contributed by atoms with Crippen molar-refractivity contribution >= 4 is 39.5 Å². The van der Waals surface area contributed by atoms with E-state index in [-0.39, 0.29) is 25.7 Å². The summed E-state index contributed by atoms with van der Waals surface area (Å²) >= 11 is 0. The van der Waals surface area contributed by atoms with E-state index in [0.29, 0.717) is 25.7 Å². The van der Waals surface area contributed by atoms with Crippen LogP contribution in [-0.2, 0) is 65.4 Å². The van der Waals surface area contributed by atoms with Crippen molar-refractivity contribution in [1.82, 2.24) is 0 Å². The second-order valence-electron chi connectivity index (χ2n) is 32.9. The van der Waals surface area contributed by atoms with Crippen LogP contribution >= 0.6 is 15.6 Å². The maximum atomic E-state index is 13.2. The third-order valence-electron chi connectivity index (χ3n) is 21.0. The van der Waals surface area contributed by atoms with Gasteiger partial charge in [0.05, 0.1) is 26.4 Å². The lowest BCUT2D eigenvalue weighted by Gasteiger charge is -2.21. The maximum Gasteiger partial charge on any atom is 0.472 e. The topological polar surface area (TPSA) is 237 Å². The number of hydrogen-bond donors (Lipinski definition) is 3. The summed E-state index contributed by atoms with van der Waals surface area (Å²) in [5.41, 5.74) is 0. The molecule has 17 nitrogen and oxygen atoms in total. The summed E-state index contributed by atoms with van der Waals surface area (Å²) in [6.07, 6.45) is 73.7. The molecule has 0 amide bonds. The smallest absolute Gasteiger partial charge is 0.462 e. The second kappa shape index (κ2) is 80.3. The number of carbonyl (C=O) groups is 4. The molecule has 5 atom stereocenters. The van der Waals surface area contributed by atoms with Gasteiger partial charge in [-0.15, -0.1) is 0 Å². The average molecular weight is 1580 g/mol. The molecule has 642 valence electrons. The predicted octanol–water partition coefficient (Wildman–Crippen LogP) is 27.4.